The molecule has 0 bridgehead atoms. The molecule has 102 valence electrons. The molecule has 1 heterocycles. The molecule has 0 aliphatic carbocycles. The highest BCUT2D eigenvalue weighted by molar-refractivity contribution is 5.89. The summed E-state index contributed by atoms with van der Waals surface area (Å²) in [5.74, 6) is 0.232. The van der Waals surface area contributed by atoms with Gasteiger partial charge in [0.2, 0.25) is 5.91 Å². The van der Waals surface area contributed by atoms with E-state index in [0.717, 1.165) is 0 Å². The molecule has 1 aliphatic heterocycles. The first kappa shape index (κ1) is 12.9. The molecular weight excluding hydrogens is 246 g/mol. The van der Waals surface area contributed by atoms with Crippen LogP contribution in [-0.2, 0) is 11.3 Å². The Morgan fingerprint density at radius 3 is 2.10 bits per heavy atom. The van der Waals surface area contributed by atoms with E-state index in [2.05, 4.69) is 24.3 Å². The number of carbonyl (C=O) groups excluding carboxylic acids is 1. The number of β-lactam (4-membered cyclic amide) rings is 1. The maximum absolute atomic E-state index is 12.4. The van der Waals surface area contributed by atoms with Gasteiger partial charge in [0.1, 0.15) is 0 Å². The Kier molecular flexibility index (Phi) is 3.09. The second-order valence-electron chi connectivity index (χ2n) is 5.95. The second-order valence-corrected chi connectivity index (χ2v) is 5.95. The molecule has 1 fully saturated rings. The minimum absolute atomic E-state index is 0.163. The first-order valence-electron chi connectivity index (χ1n) is 7.00. The summed E-state index contributed by atoms with van der Waals surface area (Å²) in [7, 11) is 0. The summed E-state index contributed by atoms with van der Waals surface area (Å²) < 4.78 is 0. The summed E-state index contributed by atoms with van der Waals surface area (Å²) >= 11 is 0. The van der Waals surface area contributed by atoms with E-state index in [1.165, 1.54) is 11.1 Å². The van der Waals surface area contributed by atoms with Crippen LogP contribution in [0.25, 0.3) is 0 Å². The van der Waals surface area contributed by atoms with Crippen molar-refractivity contribution in [3.05, 3.63) is 71.8 Å². The molecule has 2 aromatic rings. The number of amides is 1. The third-order valence-electron chi connectivity index (χ3n) is 4.12. The maximum Gasteiger partial charge on any atom is 0.231 e. The molecule has 0 N–H and O–H groups in total. The number of rotatable bonds is 3. The molecule has 1 amide bonds. The average Bonchev–Trinajstić information content (AvgIpc) is 2.48. The third-order valence-corrected chi connectivity index (χ3v) is 4.12. The number of hydrogen-bond acceptors (Lipinski definition) is 1. The van der Waals surface area contributed by atoms with Crippen LogP contribution in [0.2, 0.25) is 0 Å². The standard InChI is InChI=1S/C18H19NO/c1-18(2)16(15-11-7-4-8-12-15)19(17(18)20)13-14-9-5-3-6-10-14/h3-12,16H,13H2,1-2H3. The molecule has 1 saturated heterocycles. The van der Waals surface area contributed by atoms with Crippen molar-refractivity contribution >= 4 is 5.91 Å². The fraction of sp³-hybridized carbons (Fsp3) is 0.278. The van der Waals surface area contributed by atoms with Crippen molar-refractivity contribution < 1.29 is 4.79 Å². The summed E-state index contributed by atoms with van der Waals surface area (Å²) in [4.78, 5) is 14.4. The molecule has 3 rings (SSSR count). The van der Waals surface area contributed by atoms with Gasteiger partial charge in [-0.1, -0.05) is 60.7 Å². The van der Waals surface area contributed by atoms with Gasteiger partial charge >= 0.3 is 0 Å². The largest absolute Gasteiger partial charge is 0.330 e. The summed E-state index contributed by atoms with van der Waals surface area (Å²) in [5, 5.41) is 0. The van der Waals surface area contributed by atoms with Gasteiger partial charge in [-0.05, 0) is 25.0 Å². The van der Waals surface area contributed by atoms with Crippen molar-refractivity contribution in [2.75, 3.05) is 0 Å². The monoisotopic (exact) mass is 265 g/mol. The minimum Gasteiger partial charge on any atom is -0.330 e. The highest BCUT2D eigenvalue weighted by Crippen LogP contribution is 2.50. The van der Waals surface area contributed by atoms with Gasteiger partial charge in [-0.3, -0.25) is 4.79 Å². The Morgan fingerprint density at radius 1 is 0.950 bits per heavy atom. The van der Waals surface area contributed by atoms with Crippen LogP contribution >= 0.6 is 0 Å². The van der Waals surface area contributed by atoms with Crippen molar-refractivity contribution in [3.63, 3.8) is 0 Å². The quantitative estimate of drug-likeness (QED) is 0.773. The van der Waals surface area contributed by atoms with Crippen molar-refractivity contribution in [1.82, 2.24) is 4.90 Å². The summed E-state index contributed by atoms with van der Waals surface area (Å²) in [5.41, 5.74) is 2.08. The lowest BCUT2D eigenvalue weighted by atomic mass is 9.70. The van der Waals surface area contributed by atoms with E-state index in [1.54, 1.807) is 0 Å². The number of nitrogens with zero attached hydrogens (tertiary/aromatic N) is 1. The van der Waals surface area contributed by atoms with E-state index < -0.39 is 0 Å². The topological polar surface area (TPSA) is 20.3 Å². The van der Waals surface area contributed by atoms with Crippen LogP contribution in [0.4, 0.5) is 0 Å². The number of hydrogen-bond donors (Lipinski definition) is 0. The van der Waals surface area contributed by atoms with E-state index in [0.29, 0.717) is 6.54 Å². The zero-order valence-electron chi connectivity index (χ0n) is 11.9. The lowest BCUT2D eigenvalue weighted by Crippen LogP contribution is -2.59. The highest BCUT2D eigenvalue weighted by Gasteiger charge is 2.54. The minimum atomic E-state index is -0.309. The van der Waals surface area contributed by atoms with Gasteiger partial charge in [0.05, 0.1) is 11.5 Å². The summed E-state index contributed by atoms with van der Waals surface area (Å²) in [6.07, 6.45) is 0. The lowest BCUT2D eigenvalue weighted by molar-refractivity contribution is -0.170. The third kappa shape index (κ3) is 2.01. The molecule has 2 heteroatoms. The van der Waals surface area contributed by atoms with E-state index in [1.807, 2.05) is 55.1 Å². The molecule has 20 heavy (non-hydrogen) atoms. The lowest BCUT2D eigenvalue weighted by Gasteiger charge is -2.53. The van der Waals surface area contributed by atoms with E-state index in [4.69, 9.17) is 0 Å². The van der Waals surface area contributed by atoms with Gasteiger partial charge in [0.15, 0.2) is 0 Å². The smallest absolute Gasteiger partial charge is 0.231 e. The van der Waals surface area contributed by atoms with Gasteiger partial charge in [-0.15, -0.1) is 0 Å². The normalized spacial score (nSPS) is 20.6. The molecule has 1 unspecified atom stereocenters. The van der Waals surface area contributed by atoms with Crippen LogP contribution in [0.5, 0.6) is 0 Å². The fourth-order valence-electron chi connectivity index (χ4n) is 3.10. The zero-order valence-corrected chi connectivity index (χ0v) is 11.9. The Hall–Kier alpha value is -2.09. The van der Waals surface area contributed by atoms with Crippen LogP contribution in [0.1, 0.15) is 31.0 Å². The number of likely N-dealkylation sites (tertiary alicyclic amines) is 1. The molecule has 0 saturated carbocycles. The van der Waals surface area contributed by atoms with E-state index in [-0.39, 0.29) is 17.4 Å². The molecule has 2 nitrogen and oxygen atoms in total. The Bertz CT molecular complexity index is 604. The first-order chi connectivity index (χ1) is 9.60. The van der Waals surface area contributed by atoms with E-state index in [9.17, 15) is 4.79 Å². The molecule has 0 aromatic heterocycles. The Balaban J connectivity index is 1.88. The van der Waals surface area contributed by atoms with Crippen LogP contribution in [-0.4, -0.2) is 10.8 Å². The second kappa shape index (κ2) is 4.78. The zero-order chi connectivity index (χ0) is 14.2. The average molecular weight is 265 g/mol. The predicted molar refractivity (Wildman–Crippen MR) is 80.0 cm³/mol. The van der Waals surface area contributed by atoms with Crippen molar-refractivity contribution in [3.8, 4) is 0 Å². The van der Waals surface area contributed by atoms with Crippen LogP contribution in [0.15, 0.2) is 60.7 Å². The molecule has 0 radical (unpaired) electrons. The van der Waals surface area contributed by atoms with Crippen molar-refractivity contribution in [1.29, 1.82) is 0 Å². The molecule has 2 aromatic carbocycles. The van der Waals surface area contributed by atoms with Crippen LogP contribution in [0.3, 0.4) is 0 Å². The predicted octanol–water partition coefficient (Wildman–Crippen LogP) is 3.80. The van der Waals surface area contributed by atoms with Gasteiger partial charge in [0.25, 0.3) is 0 Å². The summed E-state index contributed by atoms with van der Waals surface area (Å²) in [6, 6.07) is 20.6. The van der Waals surface area contributed by atoms with Gasteiger partial charge in [-0.25, -0.2) is 0 Å². The Morgan fingerprint density at radius 2 is 1.50 bits per heavy atom. The van der Waals surface area contributed by atoms with Gasteiger partial charge in [0, 0.05) is 6.54 Å². The van der Waals surface area contributed by atoms with Crippen molar-refractivity contribution in [2.45, 2.75) is 26.4 Å². The summed E-state index contributed by atoms with van der Waals surface area (Å²) in [6.45, 7) is 4.76. The number of carbonyl (C=O) groups is 1. The Labute approximate surface area is 120 Å². The maximum atomic E-state index is 12.4. The van der Waals surface area contributed by atoms with Crippen LogP contribution < -0.4 is 0 Å². The fourth-order valence-corrected chi connectivity index (χ4v) is 3.10. The molecular formula is C18H19NO. The molecule has 0 spiro atoms. The molecule has 1 aliphatic rings. The SMILES string of the molecule is CC1(C)C(=O)N(Cc2ccccc2)C1c1ccccc1. The molecule has 1 atom stereocenters. The van der Waals surface area contributed by atoms with Gasteiger partial charge in [-0.2, -0.15) is 0 Å². The van der Waals surface area contributed by atoms with Gasteiger partial charge < -0.3 is 4.90 Å². The van der Waals surface area contributed by atoms with Crippen LogP contribution in [0, 0.1) is 5.41 Å². The highest BCUT2D eigenvalue weighted by atomic mass is 16.2. The first-order valence-corrected chi connectivity index (χ1v) is 7.00. The number of benzene rings is 2. The van der Waals surface area contributed by atoms with Crippen molar-refractivity contribution in [2.24, 2.45) is 5.41 Å². The van der Waals surface area contributed by atoms with E-state index >= 15 is 0 Å².